The molecule has 1 aromatic carbocycles. The molecule has 1 atom stereocenters. The third kappa shape index (κ3) is 2.27. The number of carbonyl (C=O) groups is 1. The van der Waals surface area contributed by atoms with Crippen LogP contribution in [0.4, 0.5) is 5.69 Å². The number of benzene rings is 1. The van der Waals surface area contributed by atoms with Crippen molar-refractivity contribution in [3.05, 3.63) is 36.0 Å². The van der Waals surface area contributed by atoms with Crippen molar-refractivity contribution in [3.8, 4) is 11.3 Å². The molecule has 0 fully saturated rings. The van der Waals surface area contributed by atoms with Crippen LogP contribution >= 0.6 is 0 Å². The number of aromatic nitrogens is 2. The molecule has 0 spiro atoms. The Hall–Kier alpha value is -2.10. The molecule has 4 heteroatoms. The second-order valence-corrected chi connectivity index (χ2v) is 4.43. The molecule has 0 aliphatic carbocycles. The number of carbonyl (C=O) groups excluding carboxylic acids is 1. The zero-order valence-electron chi connectivity index (χ0n) is 10.6. The second-order valence-electron chi connectivity index (χ2n) is 4.43. The lowest BCUT2D eigenvalue weighted by molar-refractivity contribution is 0.0922. The van der Waals surface area contributed by atoms with Crippen molar-refractivity contribution in [3.63, 3.8) is 0 Å². The molecule has 2 rings (SSSR count). The Balaban J connectivity index is 2.32. The Labute approximate surface area is 106 Å². The third-order valence-electron chi connectivity index (χ3n) is 3.14. The molecule has 0 amide bonds. The quantitative estimate of drug-likeness (QED) is 0.640. The molecule has 1 aromatic heterocycles. The predicted octanol–water partition coefficient (Wildman–Crippen LogP) is 2.89. The Morgan fingerprint density at radius 2 is 2.17 bits per heavy atom. The number of nitrogens with zero attached hydrogens (tertiary/aromatic N) is 1. The molecule has 0 bridgehead atoms. The first-order valence-electron chi connectivity index (χ1n) is 6.08. The maximum absolute atomic E-state index is 12.0. The fourth-order valence-electron chi connectivity index (χ4n) is 1.77. The van der Waals surface area contributed by atoms with Gasteiger partial charge in [-0.25, -0.2) is 0 Å². The highest BCUT2D eigenvalue weighted by Crippen LogP contribution is 2.24. The van der Waals surface area contributed by atoms with Gasteiger partial charge in [-0.05, 0) is 18.6 Å². The number of para-hydroxylation sites is 1. The number of hydrogen-bond acceptors (Lipinski definition) is 3. The largest absolute Gasteiger partial charge is 0.398 e. The van der Waals surface area contributed by atoms with Crippen LogP contribution in [0.5, 0.6) is 0 Å². The summed E-state index contributed by atoms with van der Waals surface area (Å²) >= 11 is 0. The number of anilines is 1. The molecule has 0 saturated carbocycles. The van der Waals surface area contributed by atoms with Gasteiger partial charge in [0.25, 0.3) is 0 Å². The van der Waals surface area contributed by atoms with Crippen LogP contribution < -0.4 is 5.73 Å². The van der Waals surface area contributed by atoms with E-state index < -0.39 is 0 Å². The highest BCUT2D eigenvalue weighted by atomic mass is 16.1. The fraction of sp³-hybridized carbons (Fsp3) is 0.286. The van der Waals surface area contributed by atoms with E-state index in [2.05, 4.69) is 10.2 Å². The summed E-state index contributed by atoms with van der Waals surface area (Å²) in [6.07, 6.45) is 0.820. The van der Waals surface area contributed by atoms with Gasteiger partial charge in [-0.3, -0.25) is 9.89 Å². The van der Waals surface area contributed by atoms with E-state index in [9.17, 15) is 4.79 Å². The van der Waals surface area contributed by atoms with Crippen LogP contribution in [0.15, 0.2) is 30.3 Å². The molecule has 3 N–H and O–H groups in total. The summed E-state index contributed by atoms with van der Waals surface area (Å²) in [6.45, 7) is 3.91. The van der Waals surface area contributed by atoms with E-state index in [0.717, 1.165) is 12.0 Å². The monoisotopic (exact) mass is 243 g/mol. The van der Waals surface area contributed by atoms with Crippen molar-refractivity contribution < 1.29 is 4.79 Å². The number of rotatable bonds is 4. The van der Waals surface area contributed by atoms with E-state index in [4.69, 9.17) is 5.73 Å². The van der Waals surface area contributed by atoms with Crippen molar-refractivity contribution in [1.29, 1.82) is 0 Å². The summed E-state index contributed by atoms with van der Waals surface area (Å²) in [7, 11) is 0. The van der Waals surface area contributed by atoms with Crippen LogP contribution in [-0.2, 0) is 0 Å². The van der Waals surface area contributed by atoms with E-state index in [-0.39, 0.29) is 11.7 Å². The number of Topliss-reactive ketones (excluding diaryl/α,β-unsaturated/α-hetero) is 1. The minimum absolute atomic E-state index is 0.00594. The molecular formula is C14H17N3O. The first kappa shape index (κ1) is 12.4. The van der Waals surface area contributed by atoms with Gasteiger partial charge in [-0.15, -0.1) is 0 Å². The first-order chi connectivity index (χ1) is 8.63. The van der Waals surface area contributed by atoms with E-state index in [1.54, 1.807) is 6.07 Å². The van der Waals surface area contributed by atoms with Crippen LogP contribution in [0, 0.1) is 5.92 Å². The zero-order valence-corrected chi connectivity index (χ0v) is 10.6. The first-order valence-corrected chi connectivity index (χ1v) is 6.08. The summed E-state index contributed by atoms with van der Waals surface area (Å²) < 4.78 is 0. The van der Waals surface area contributed by atoms with Crippen LogP contribution in [0.25, 0.3) is 11.3 Å². The Bertz CT molecular complexity index is 560. The molecule has 4 nitrogen and oxygen atoms in total. The predicted molar refractivity (Wildman–Crippen MR) is 72.2 cm³/mol. The number of hydrogen-bond donors (Lipinski definition) is 2. The van der Waals surface area contributed by atoms with Gasteiger partial charge < -0.3 is 5.73 Å². The molecule has 2 aromatic rings. The molecule has 0 radical (unpaired) electrons. The lowest BCUT2D eigenvalue weighted by atomic mass is 10.0. The Kier molecular flexibility index (Phi) is 3.46. The van der Waals surface area contributed by atoms with Crippen molar-refractivity contribution in [2.24, 2.45) is 5.92 Å². The standard InChI is InChI=1S/C14H17N3O/c1-3-9(2)14(18)13-8-12(16-17-13)10-6-4-5-7-11(10)15/h4-9H,3,15H2,1-2H3,(H,16,17). The van der Waals surface area contributed by atoms with Gasteiger partial charge in [0.05, 0.1) is 5.69 Å². The van der Waals surface area contributed by atoms with Gasteiger partial charge in [0, 0.05) is 17.2 Å². The molecule has 0 aliphatic rings. The fourth-order valence-corrected chi connectivity index (χ4v) is 1.77. The summed E-state index contributed by atoms with van der Waals surface area (Å²) in [5.74, 6) is 0.0946. The summed E-state index contributed by atoms with van der Waals surface area (Å²) in [4.78, 5) is 12.0. The second kappa shape index (κ2) is 5.04. The van der Waals surface area contributed by atoms with Crippen LogP contribution in [0.3, 0.4) is 0 Å². The van der Waals surface area contributed by atoms with E-state index in [0.29, 0.717) is 17.1 Å². The Morgan fingerprint density at radius 3 is 2.83 bits per heavy atom. The number of aromatic amines is 1. The van der Waals surface area contributed by atoms with Crippen molar-refractivity contribution in [2.75, 3.05) is 5.73 Å². The zero-order chi connectivity index (χ0) is 13.1. The molecule has 0 aliphatic heterocycles. The molecule has 94 valence electrons. The third-order valence-corrected chi connectivity index (χ3v) is 3.14. The Morgan fingerprint density at radius 1 is 1.44 bits per heavy atom. The normalized spacial score (nSPS) is 12.3. The maximum atomic E-state index is 12.0. The minimum Gasteiger partial charge on any atom is -0.398 e. The topological polar surface area (TPSA) is 71.8 Å². The summed E-state index contributed by atoms with van der Waals surface area (Å²) in [6, 6.07) is 9.25. The van der Waals surface area contributed by atoms with Gasteiger partial charge >= 0.3 is 0 Å². The maximum Gasteiger partial charge on any atom is 0.183 e. The molecule has 1 heterocycles. The van der Waals surface area contributed by atoms with Gasteiger partial charge in [0.2, 0.25) is 0 Å². The van der Waals surface area contributed by atoms with E-state index in [1.165, 1.54) is 0 Å². The number of ketones is 1. The molecule has 0 saturated heterocycles. The highest BCUT2D eigenvalue weighted by Gasteiger charge is 2.16. The van der Waals surface area contributed by atoms with Gasteiger partial charge in [-0.2, -0.15) is 5.10 Å². The van der Waals surface area contributed by atoms with Crippen molar-refractivity contribution in [2.45, 2.75) is 20.3 Å². The van der Waals surface area contributed by atoms with E-state index in [1.807, 2.05) is 38.1 Å². The van der Waals surface area contributed by atoms with Gasteiger partial charge in [0.1, 0.15) is 5.69 Å². The lowest BCUT2D eigenvalue weighted by Crippen LogP contribution is -2.10. The van der Waals surface area contributed by atoms with Crippen molar-refractivity contribution >= 4 is 11.5 Å². The number of H-pyrrole nitrogens is 1. The van der Waals surface area contributed by atoms with Crippen LogP contribution in [0.1, 0.15) is 30.8 Å². The molecule has 18 heavy (non-hydrogen) atoms. The van der Waals surface area contributed by atoms with Crippen LogP contribution in [-0.4, -0.2) is 16.0 Å². The van der Waals surface area contributed by atoms with Gasteiger partial charge in [0.15, 0.2) is 5.78 Å². The highest BCUT2D eigenvalue weighted by molar-refractivity contribution is 5.97. The summed E-state index contributed by atoms with van der Waals surface area (Å²) in [5.41, 5.74) is 8.64. The van der Waals surface area contributed by atoms with Gasteiger partial charge in [-0.1, -0.05) is 32.0 Å². The SMILES string of the molecule is CCC(C)C(=O)c1cc(-c2ccccc2N)n[nH]1. The lowest BCUT2D eigenvalue weighted by Gasteiger charge is -2.03. The smallest absolute Gasteiger partial charge is 0.183 e. The average Bonchev–Trinajstić information content (AvgIpc) is 2.87. The summed E-state index contributed by atoms with van der Waals surface area (Å²) in [5, 5.41) is 6.95. The van der Waals surface area contributed by atoms with Crippen molar-refractivity contribution in [1.82, 2.24) is 10.2 Å². The van der Waals surface area contributed by atoms with E-state index >= 15 is 0 Å². The molecular weight excluding hydrogens is 226 g/mol. The average molecular weight is 243 g/mol. The van der Waals surface area contributed by atoms with Crippen LogP contribution in [0.2, 0.25) is 0 Å². The number of nitrogens with one attached hydrogen (secondary N) is 1. The minimum atomic E-state index is 0.00594. The number of nitrogen functional groups attached to an aromatic ring is 1. The number of nitrogens with two attached hydrogens (primary N) is 1. The molecule has 1 unspecified atom stereocenters.